The maximum absolute atomic E-state index is 12.9. The number of nitrogens with zero attached hydrogens (tertiary/aromatic N) is 2. The number of ether oxygens (including phenoxy) is 1. The molecule has 5 heteroatoms. The minimum Gasteiger partial charge on any atom is -0.496 e. The molecular weight excluding hydrogens is 302 g/mol. The molecule has 0 saturated carbocycles. The fourth-order valence-corrected chi connectivity index (χ4v) is 2.97. The maximum Gasteiger partial charge on any atom is 0.255 e. The first kappa shape index (κ1) is 18.0. The Hall–Kier alpha value is -2.30. The van der Waals surface area contributed by atoms with Crippen molar-refractivity contribution in [3.05, 3.63) is 46.8 Å². The average Bonchev–Trinajstić information content (AvgIpc) is 2.76. The Morgan fingerprint density at radius 2 is 1.88 bits per heavy atom. The largest absolute Gasteiger partial charge is 0.496 e. The zero-order chi connectivity index (χ0) is 18.1. The van der Waals surface area contributed by atoms with Gasteiger partial charge < -0.3 is 10.1 Å². The van der Waals surface area contributed by atoms with E-state index in [2.05, 4.69) is 31.2 Å². The molecule has 130 valence electrons. The summed E-state index contributed by atoms with van der Waals surface area (Å²) in [6.07, 6.45) is 0. The summed E-state index contributed by atoms with van der Waals surface area (Å²) in [5, 5.41) is 7.53. The van der Waals surface area contributed by atoms with Gasteiger partial charge in [-0.25, -0.2) is 0 Å². The lowest BCUT2D eigenvalue weighted by molar-refractivity contribution is 0.0899. The zero-order valence-electron chi connectivity index (χ0n) is 15.6. The molecule has 0 fully saturated rings. The highest BCUT2D eigenvalue weighted by Crippen LogP contribution is 2.37. The van der Waals surface area contributed by atoms with Crippen molar-refractivity contribution in [2.24, 2.45) is 12.5 Å². The maximum atomic E-state index is 12.9. The van der Waals surface area contributed by atoms with Crippen LogP contribution in [0, 0.1) is 19.3 Å². The molecule has 0 saturated heterocycles. The van der Waals surface area contributed by atoms with Crippen molar-refractivity contribution in [3.8, 4) is 5.75 Å². The molecule has 5 nitrogen and oxygen atoms in total. The number of aryl methyl sites for hydroxylation is 2. The first-order valence-corrected chi connectivity index (χ1v) is 8.10. The van der Waals surface area contributed by atoms with Crippen LogP contribution in [0.4, 0.5) is 0 Å². The first-order valence-electron chi connectivity index (χ1n) is 8.10. The van der Waals surface area contributed by atoms with Gasteiger partial charge >= 0.3 is 0 Å². The second-order valence-corrected chi connectivity index (χ2v) is 7.18. The van der Waals surface area contributed by atoms with Crippen LogP contribution in [0.3, 0.4) is 0 Å². The molecule has 1 amide bonds. The summed E-state index contributed by atoms with van der Waals surface area (Å²) in [6, 6.07) is 7.63. The number of amides is 1. The number of benzene rings is 1. The molecule has 0 radical (unpaired) electrons. The van der Waals surface area contributed by atoms with E-state index >= 15 is 0 Å². The van der Waals surface area contributed by atoms with Gasteiger partial charge in [0.05, 0.1) is 24.4 Å². The Labute approximate surface area is 144 Å². The molecule has 24 heavy (non-hydrogen) atoms. The highest BCUT2D eigenvalue weighted by atomic mass is 16.5. The summed E-state index contributed by atoms with van der Waals surface area (Å²) >= 11 is 0. The van der Waals surface area contributed by atoms with Crippen LogP contribution in [-0.2, 0) is 7.05 Å². The molecule has 0 aliphatic rings. The normalized spacial score (nSPS) is 12.8. The lowest BCUT2D eigenvalue weighted by Gasteiger charge is -2.33. The van der Waals surface area contributed by atoms with Gasteiger partial charge in [0.1, 0.15) is 5.75 Å². The summed E-state index contributed by atoms with van der Waals surface area (Å²) in [5.74, 6) is 0.668. The van der Waals surface area contributed by atoms with Crippen LogP contribution in [0.2, 0.25) is 0 Å². The van der Waals surface area contributed by atoms with Gasteiger partial charge in [-0.3, -0.25) is 9.48 Å². The van der Waals surface area contributed by atoms with Crippen LogP contribution >= 0.6 is 0 Å². The predicted molar refractivity (Wildman–Crippen MR) is 95.3 cm³/mol. The zero-order valence-corrected chi connectivity index (χ0v) is 15.6. The third-order valence-electron chi connectivity index (χ3n) is 4.33. The van der Waals surface area contributed by atoms with Crippen molar-refractivity contribution in [1.82, 2.24) is 15.1 Å². The molecule has 0 bridgehead atoms. The number of aromatic nitrogens is 2. The lowest BCUT2D eigenvalue weighted by Crippen LogP contribution is -2.37. The van der Waals surface area contributed by atoms with Crippen molar-refractivity contribution in [2.45, 2.75) is 40.7 Å². The number of nitrogens with one attached hydrogen (secondary N) is 1. The third kappa shape index (κ3) is 3.45. The van der Waals surface area contributed by atoms with Gasteiger partial charge in [-0.15, -0.1) is 0 Å². The molecule has 1 N–H and O–H groups in total. The van der Waals surface area contributed by atoms with Crippen molar-refractivity contribution in [3.63, 3.8) is 0 Å². The summed E-state index contributed by atoms with van der Waals surface area (Å²) < 4.78 is 7.23. The topological polar surface area (TPSA) is 56.1 Å². The number of hydrogen-bond acceptors (Lipinski definition) is 3. The molecule has 0 aliphatic carbocycles. The van der Waals surface area contributed by atoms with E-state index in [9.17, 15) is 4.79 Å². The summed E-state index contributed by atoms with van der Waals surface area (Å²) in [4.78, 5) is 12.9. The van der Waals surface area contributed by atoms with Crippen LogP contribution < -0.4 is 10.1 Å². The van der Waals surface area contributed by atoms with Crippen molar-refractivity contribution in [2.75, 3.05) is 7.11 Å². The van der Waals surface area contributed by atoms with Gasteiger partial charge in [0.15, 0.2) is 0 Å². The quantitative estimate of drug-likeness (QED) is 0.933. The Morgan fingerprint density at radius 1 is 1.25 bits per heavy atom. The van der Waals surface area contributed by atoms with Gasteiger partial charge in [0, 0.05) is 18.3 Å². The Morgan fingerprint density at radius 3 is 2.38 bits per heavy atom. The van der Waals surface area contributed by atoms with Gasteiger partial charge in [-0.1, -0.05) is 39.0 Å². The minimum atomic E-state index is -0.180. The molecule has 0 spiro atoms. The predicted octanol–water partition coefficient (Wildman–Crippen LogP) is 3.56. The Bertz CT molecular complexity index is 742. The van der Waals surface area contributed by atoms with Gasteiger partial charge in [-0.05, 0) is 25.3 Å². The monoisotopic (exact) mass is 329 g/mol. The number of para-hydroxylation sites is 1. The lowest BCUT2D eigenvalue weighted by atomic mass is 9.81. The van der Waals surface area contributed by atoms with Gasteiger partial charge in [0.2, 0.25) is 0 Å². The van der Waals surface area contributed by atoms with E-state index in [1.54, 1.807) is 11.8 Å². The SMILES string of the molecule is COc1ccccc1[C@@H](NC(=O)c1c(C)nn(C)c1C)C(C)(C)C. The molecular formula is C19H27N3O2. The molecule has 2 aromatic rings. The molecule has 1 heterocycles. The first-order chi connectivity index (χ1) is 11.2. The van der Waals surface area contributed by atoms with E-state index in [0.717, 1.165) is 22.7 Å². The summed E-state index contributed by atoms with van der Waals surface area (Å²) in [6.45, 7) is 10.1. The van der Waals surface area contributed by atoms with Crippen LogP contribution in [0.25, 0.3) is 0 Å². The molecule has 1 aromatic carbocycles. The summed E-state index contributed by atoms with van der Waals surface area (Å²) in [7, 11) is 3.50. The molecule has 0 aliphatic heterocycles. The van der Waals surface area contributed by atoms with Crippen LogP contribution in [0.15, 0.2) is 24.3 Å². The summed E-state index contributed by atoms with van der Waals surface area (Å²) in [5.41, 5.74) is 3.04. The van der Waals surface area contributed by atoms with E-state index in [0.29, 0.717) is 5.56 Å². The van der Waals surface area contributed by atoms with Crippen molar-refractivity contribution < 1.29 is 9.53 Å². The number of hydrogen-bond donors (Lipinski definition) is 1. The molecule has 1 aromatic heterocycles. The number of methoxy groups -OCH3 is 1. The number of carbonyl (C=O) groups excluding carboxylic acids is 1. The second-order valence-electron chi connectivity index (χ2n) is 7.18. The van der Waals surface area contributed by atoms with E-state index < -0.39 is 0 Å². The molecule has 1 atom stereocenters. The molecule has 2 rings (SSSR count). The van der Waals surface area contributed by atoms with Crippen LogP contribution in [-0.4, -0.2) is 22.8 Å². The van der Waals surface area contributed by atoms with Gasteiger partial charge in [-0.2, -0.15) is 5.10 Å². The van der Waals surface area contributed by atoms with E-state index in [-0.39, 0.29) is 17.4 Å². The Kier molecular flexibility index (Phi) is 5.02. The van der Waals surface area contributed by atoms with E-state index in [4.69, 9.17) is 4.74 Å². The van der Waals surface area contributed by atoms with Crippen molar-refractivity contribution in [1.29, 1.82) is 0 Å². The smallest absolute Gasteiger partial charge is 0.255 e. The second kappa shape index (κ2) is 6.67. The Balaban J connectivity index is 2.42. The minimum absolute atomic E-state index is 0.107. The third-order valence-corrected chi connectivity index (χ3v) is 4.33. The molecule has 0 unspecified atom stereocenters. The van der Waals surface area contributed by atoms with Gasteiger partial charge in [0.25, 0.3) is 5.91 Å². The van der Waals surface area contributed by atoms with Crippen LogP contribution in [0.1, 0.15) is 54.1 Å². The fraction of sp³-hybridized carbons (Fsp3) is 0.474. The highest BCUT2D eigenvalue weighted by Gasteiger charge is 2.31. The average molecular weight is 329 g/mol. The standard InChI is InChI=1S/C19H27N3O2/c1-12-16(13(2)22(6)21-12)18(23)20-17(19(3,4)5)14-10-8-9-11-15(14)24-7/h8-11,17H,1-7H3,(H,20,23)/t17-/m1/s1. The number of carbonyl (C=O) groups is 1. The number of rotatable bonds is 4. The van der Waals surface area contributed by atoms with E-state index in [1.165, 1.54) is 0 Å². The highest BCUT2D eigenvalue weighted by molar-refractivity contribution is 5.96. The fourth-order valence-electron chi connectivity index (χ4n) is 2.97. The van der Waals surface area contributed by atoms with E-state index in [1.807, 2.05) is 45.2 Å². The van der Waals surface area contributed by atoms with Crippen molar-refractivity contribution >= 4 is 5.91 Å². The van der Waals surface area contributed by atoms with Crippen LogP contribution in [0.5, 0.6) is 5.75 Å².